The van der Waals surface area contributed by atoms with Crippen LogP contribution < -0.4 is 5.32 Å². The van der Waals surface area contributed by atoms with Crippen molar-refractivity contribution >= 4 is 17.5 Å². The molecule has 1 aromatic rings. The van der Waals surface area contributed by atoms with Gasteiger partial charge in [0.15, 0.2) is 0 Å². The van der Waals surface area contributed by atoms with Crippen molar-refractivity contribution in [3.05, 3.63) is 34.6 Å². The molecule has 0 aliphatic carbocycles. The van der Waals surface area contributed by atoms with Gasteiger partial charge in [-0.3, -0.25) is 4.79 Å². The summed E-state index contributed by atoms with van der Waals surface area (Å²) in [6.45, 7) is 2.05. The van der Waals surface area contributed by atoms with E-state index in [-0.39, 0.29) is 17.0 Å². The molecule has 1 heterocycles. The van der Waals surface area contributed by atoms with Gasteiger partial charge in [0.05, 0.1) is 5.02 Å². The van der Waals surface area contributed by atoms with Gasteiger partial charge in [0.1, 0.15) is 5.82 Å². The second-order valence-corrected chi connectivity index (χ2v) is 5.80. The highest BCUT2D eigenvalue weighted by Crippen LogP contribution is 2.17. The van der Waals surface area contributed by atoms with Crippen LogP contribution in [-0.2, 0) is 11.2 Å². The number of carbonyl (C=O) groups is 1. The molecule has 0 bridgehead atoms. The molecule has 110 valence electrons. The van der Waals surface area contributed by atoms with Crippen LogP contribution >= 0.6 is 11.6 Å². The molecule has 1 amide bonds. The van der Waals surface area contributed by atoms with E-state index < -0.39 is 5.82 Å². The average Bonchev–Trinajstić information content (AvgIpc) is 2.43. The highest BCUT2D eigenvalue weighted by atomic mass is 35.5. The van der Waals surface area contributed by atoms with Crippen molar-refractivity contribution in [1.82, 2.24) is 10.2 Å². The van der Waals surface area contributed by atoms with E-state index in [1.54, 1.807) is 12.1 Å². The quantitative estimate of drug-likeness (QED) is 0.927. The van der Waals surface area contributed by atoms with Crippen molar-refractivity contribution in [3.63, 3.8) is 0 Å². The van der Waals surface area contributed by atoms with Crippen LogP contribution in [0.1, 0.15) is 24.8 Å². The molecule has 5 heteroatoms. The summed E-state index contributed by atoms with van der Waals surface area (Å²) in [5, 5.41) is 3.17. The third-order valence-corrected chi connectivity index (χ3v) is 4.00. The van der Waals surface area contributed by atoms with Crippen molar-refractivity contribution in [2.24, 2.45) is 0 Å². The van der Waals surface area contributed by atoms with Gasteiger partial charge in [0.2, 0.25) is 5.91 Å². The summed E-state index contributed by atoms with van der Waals surface area (Å²) in [6, 6.07) is 4.88. The van der Waals surface area contributed by atoms with Crippen LogP contribution in [0.2, 0.25) is 5.02 Å². The Morgan fingerprint density at radius 2 is 2.15 bits per heavy atom. The summed E-state index contributed by atoms with van der Waals surface area (Å²) in [5.41, 5.74) is 0.884. The first-order valence-electron chi connectivity index (χ1n) is 6.96. The molecule has 1 aliphatic rings. The number of nitrogens with zero attached hydrogens (tertiary/aromatic N) is 1. The third kappa shape index (κ3) is 4.46. The van der Waals surface area contributed by atoms with Gasteiger partial charge >= 0.3 is 0 Å². The Morgan fingerprint density at radius 1 is 1.45 bits per heavy atom. The Hall–Kier alpha value is -1.13. The maximum absolute atomic E-state index is 13.0. The largest absolute Gasteiger partial charge is 0.353 e. The second-order valence-electron chi connectivity index (χ2n) is 5.39. The fraction of sp³-hybridized carbons (Fsp3) is 0.533. The summed E-state index contributed by atoms with van der Waals surface area (Å²) < 4.78 is 13.0. The Labute approximate surface area is 124 Å². The van der Waals surface area contributed by atoms with Gasteiger partial charge in [-0.25, -0.2) is 4.39 Å². The molecule has 1 N–H and O–H groups in total. The number of nitrogens with one attached hydrogen (secondary N) is 1. The lowest BCUT2D eigenvalue weighted by Gasteiger charge is -2.29. The smallest absolute Gasteiger partial charge is 0.220 e. The first kappa shape index (κ1) is 15.3. The Bertz CT molecular complexity index is 473. The normalized spacial score (nSPS) is 17.1. The molecule has 1 aliphatic heterocycles. The van der Waals surface area contributed by atoms with Crippen LogP contribution in [0.5, 0.6) is 0 Å². The van der Waals surface area contributed by atoms with E-state index in [0.29, 0.717) is 12.8 Å². The predicted octanol–water partition coefficient (Wildman–Crippen LogP) is 2.62. The number of likely N-dealkylation sites (tertiary alicyclic amines) is 1. The number of hydrogen-bond donors (Lipinski definition) is 1. The fourth-order valence-electron chi connectivity index (χ4n) is 2.41. The molecular formula is C15H20ClFN2O. The third-order valence-electron chi connectivity index (χ3n) is 3.71. The summed E-state index contributed by atoms with van der Waals surface area (Å²) in [7, 11) is 2.09. The maximum atomic E-state index is 13.0. The van der Waals surface area contributed by atoms with Crippen LogP contribution in [0, 0.1) is 5.82 Å². The van der Waals surface area contributed by atoms with E-state index in [1.165, 1.54) is 6.07 Å². The maximum Gasteiger partial charge on any atom is 0.220 e. The zero-order valence-electron chi connectivity index (χ0n) is 11.7. The first-order valence-corrected chi connectivity index (χ1v) is 7.34. The average molecular weight is 299 g/mol. The number of amides is 1. The molecule has 20 heavy (non-hydrogen) atoms. The van der Waals surface area contributed by atoms with Crippen molar-refractivity contribution in [1.29, 1.82) is 0 Å². The van der Waals surface area contributed by atoms with Crippen molar-refractivity contribution < 1.29 is 9.18 Å². The van der Waals surface area contributed by atoms with Gasteiger partial charge in [-0.1, -0.05) is 17.7 Å². The Morgan fingerprint density at radius 3 is 2.80 bits per heavy atom. The number of benzene rings is 1. The number of hydrogen-bond acceptors (Lipinski definition) is 2. The van der Waals surface area contributed by atoms with Crippen molar-refractivity contribution in [2.45, 2.75) is 31.7 Å². The molecule has 1 fully saturated rings. The highest BCUT2D eigenvalue weighted by Gasteiger charge is 2.18. The van der Waals surface area contributed by atoms with E-state index in [0.717, 1.165) is 31.5 Å². The van der Waals surface area contributed by atoms with E-state index in [1.807, 2.05) is 0 Å². The monoisotopic (exact) mass is 298 g/mol. The number of halogens is 2. The number of carbonyl (C=O) groups excluding carboxylic acids is 1. The molecular weight excluding hydrogens is 279 g/mol. The minimum absolute atomic E-state index is 0.0556. The molecule has 3 nitrogen and oxygen atoms in total. The highest BCUT2D eigenvalue weighted by molar-refractivity contribution is 6.30. The van der Waals surface area contributed by atoms with Crippen LogP contribution in [0.15, 0.2) is 18.2 Å². The molecule has 0 atom stereocenters. The van der Waals surface area contributed by atoms with E-state index in [2.05, 4.69) is 17.3 Å². The molecule has 1 saturated heterocycles. The minimum Gasteiger partial charge on any atom is -0.353 e. The van der Waals surface area contributed by atoms with Gasteiger partial charge in [0.25, 0.3) is 0 Å². The molecule has 0 saturated carbocycles. The van der Waals surface area contributed by atoms with Crippen molar-refractivity contribution in [2.75, 3.05) is 20.1 Å². The lowest BCUT2D eigenvalue weighted by molar-refractivity contribution is -0.122. The predicted molar refractivity (Wildman–Crippen MR) is 78.4 cm³/mol. The van der Waals surface area contributed by atoms with E-state index in [9.17, 15) is 9.18 Å². The van der Waals surface area contributed by atoms with Gasteiger partial charge in [-0.05, 0) is 57.1 Å². The van der Waals surface area contributed by atoms with Crippen LogP contribution in [0.4, 0.5) is 4.39 Å². The zero-order chi connectivity index (χ0) is 14.5. The SMILES string of the molecule is CN1CCC(NC(=O)CCc2ccc(F)c(Cl)c2)CC1. The summed E-state index contributed by atoms with van der Waals surface area (Å²) >= 11 is 5.72. The van der Waals surface area contributed by atoms with Crippen LogP contribution in [0.25, 0.3) is 0 Å². The molecule has 0 spiro atoms. The Kier molecular flexibility index (Phi) is 5.38. The summed E-state index contributed by atoms with van der Waals surface area (Å²) in [6.07, 6.45) is 3.00. The molecule has 0 aromatic heterocycles. The minimum atomic E-state index is -0.425. The van der Waals surface area contributed by atoms with Crippen LogP contribution in [0.3, 0.4) is 0 Å². The summed E-state index contributed by atoms with van der Waals surface area (Å²) in [4.78, 5) is 14.2. The number of piperidine rings is 1. The topological polar surface area (TPSA) is 32.3 Å². The molecule has 0 unspecified atom stereocenters. The van der Waals surface area contributed by atoms with Gasteiger partial charge in [0, 0.05) is 12.5 Å². The van der Waals surface area contributed by atoms with E-state index in [4.69, 9.17) is 11.6 Å². The number of aryl methyl sites for hydroxylation is 1. The lowest BCUT2D eigenvalue weighted by atomic mass is 10.0. The zero-order valence-corrected chi connectivity index (χ0v) is 12.4. The first-order chi connectivity index (χ1) is 9.54. The molecule has 0 radical (unpaired) electrons. The second kappa shape index (κ2) is 7.04. The molecule has 1 aromatic carbocycles. The van der Waals surface area contributed by atoms with Crippen molar-refractivity contribution in [3.8, 4) is 0 Å². The Balaban J connectivity index is 1.76. The number of rotatable bonds is 4. The van der Waals surface area contributed by atoms with Gasteiger partial charge in [-0.15, -0.1) is 0 Å². The van der Waals surface area contributed by atoms with Crippen LogP contribution in [-0.4, -0.2) is 37.0 Å². The fourth-order valence-corrected chi connectivity index (χ4v) is 2.61. The van der Waals surface area contributed by atoms with E-state index >= 15 is 0 Å². The van der Waals surface area contributed by atoms with Gasteiger partial charge in [-0.2, -0.15) is 0 Å². The summed E-state index contributed by atoms with van der Waals surface area (Å²) in [5.74, 6) is -0.369. The standard InChI is InChI=1S/C15H20ClFN2O/c1-19-8-6-12(7-9-19)18-15(20)5-3-11-2-4-14(17)13(16)10-11/h2,4,10,12H,3,5-9H2,1H3,(H,18,20). The lowest BCUT2D eigenvalue weighted by Crippen LogP contribution is -2.43. The molecule has 2 rings (SSSR count). The van der Waals surface area contributed by atoms with Gasteiger partial charge < -0.3 is 10.2 Å².